The van der Waals surface area contributed by atoms with E-state index in [1.807, 2.05) is 0 Å². The number of likely N-dealkylation sites (tertiary alicyclic amines) is 1. The summed E-state index contributed by atoms with van der Waals surface area (Å²) in [6.45, 7) is 5.79. The number of rotatable bonds is 7. The Labute approximate surface area is 105 Å². The quantitative estimate of drug-likeness (QED) is 0.682. The zero-order valence-corrected chi connectivity index (χ0v) is 11.1. The topological polar surface area (TPSA) is 48.3 Å². The van der Waals surface area contributed by atoms with Crippen LogP contribution in [0.25, 0.3) is 0 Å². The molecular weight excluding hydrogens is 214 g/mol. The number of nitrogens with one attached hydrogen (secondary N) is 1. The molecule has 0 spiro atoms. The van der Waals surface area contributed by atoms with Crippen LogP contribution in [0.3, 0.4) is 0 Å². The van der Waals surface area contributed by atoms with Crippen molar-refractivity contribution in [2.24, 2.45) is 0 Å². The molecule has 1 rings (SSSR count). The highest BCUT2D eigenvalue weighted by molar-refractivity contribution is 4.95. The number of piperidine rings is 1. The SMILES string of the molecule is CCC(C#N)N1CCCCC1CNCCOC. The highest BCUT2D eigenvalue weighted by Gasteiger charge is 2.27. The molecule has 1 saturated heterocycles. The lowest BCUT2D eigenvalue weighted by Gasteiger charge is -2.38. The smallest absolute Gasteiger partial charge is 0.0978 e. The summed E-state index contributed by atoms with van der Waals surface area (Å²) in [6, 6.07) is 3.03. The minimum Gasteiger partial charge on any atom is -0.383 e. The lowest BCUT2D eigenvalue weighted by molar-refractivity contribution is 0.113. The second-order valence-corrected chi connectivity index (χ2v) is 4.64. The maximum atomic E-state index is 9.17. The van der Waals surface area contributed by atoms with Gasteiger partial charge in [-0.05, 0) is 25.8 Å². The fourth-order valence-corrected chi connectivity index (χ4v) is 2.50. The van der Waals surface area contributed by atoms with Gasteiger partial charge in [0.15, 0.2) is 0 Å². The summed E-state index contributed by atoms with van der Waals surface area (Å²) in [4.78, 5) is 2.38. The third kappa shape index (κ3) is 4.63. The van der Waals surface area contributed by atoms with Crippen LogP contribution in [-0.2, 0) is 4.74 Å². The van der Waals surface area contributed by atoms with Crippen molar-refractivity contribution in [2.75, 3.05) is 33.4 Å². The van der Waals surface area contributed by atoms with Crippen molar-refractivity contribution in [3.8, 4) is 6.07 Å². The molecule has 0 saturated carbocycles. The summed E-state index contributed by atoms with van der Waals surface area (Å²) in [5.74, 6) is 0. The van der Waals surface area contributed by atoms with Crippen molar-refractivity contribution in [2.45, 2.75) is 44.7 Å². The Hall–Kier alpha value is -0.630. The summed E-state index contributed by atoms with van der Waals surface area (Å²) in [5, 5.41) is 12.6. The summed E-state index contributed by atoms with van der Waals surface area (Å²) in [5.41, 5.74) is 0. The first kappa shape index (κ1) is 14.4. The van der Waals surface area contributed by atoms with E-state index in [1.54, 1.807) is 7.11 Å². The van der Waals surface area contributed by atoms with Gasteiger partial charge in [0.2, 0.25) is 0 Å². The molecule has 1 heterocycles. The third-order valence-electron chi connectivity index (χ3n) is 3.47. The molecule has 0 aromatic carbocycles. The van der Waals surface area contributed by atoms with Gasteiger partial charge in [-0.2, -0.15) is 5.26 Å². The molecule has 4 nitrogen and oxygen atoms in total. The van der Waals surface area contributed by atoms with E-state index in [2.05, 4.69) is 23.2 Å². The Bertz CT molecular complexity index is 239. The van der Waals surface area contributed by atoms with Gasteiger partial charge in [0.05, 0.1) is 18.7 Å². The molecule has 0 aromatic heterocycles. The average Bonchev–Trinajstić information content (AvgIpc) is 2.38. The highest BCUT2D eigenvalue weighted by Crippen LogP contribution is 2.20. The van der Waals surface area contributed by atoms with Crippen molar-refractivity contribution in [1.29, 1.82) is 5.26 Å². The van der Waals surface area contributed by atoms with Crippen LogP contribution in [0, 0.1) is 11.3 Å². The first-order chi connectivity index (χ1) is 8.33. The van der Waals surface area contributed by atoms with Crippen molar-refractivity contribution >= 4 is 0 Å². The van der Waals surface area contributed by atoms with Crippen molar-refractivity contribution < 1.29 is 4.74 Å². The van der Waals surface area contributed by atoms with E-state index in [9.17, 15) is 5.26 Å². The summed E-state index contributed by atoms with van der Waals surface area (Å²) in [6.07, 6.45) is 4.64. The molecule has 0 radical (unpaired) electrons. The molecule has 1 aliphatic heterocycles. The van der Waals surface area contributed by atoms with Gasteiger partial charge in [0.1, 0.15) is 0 Å². The number of nitrogens with zero attached hydrogens (tertiary/aromatic N) is 2. The molecule has 1 N–H and O–H groups in total. The number of hydrogen-bond donors (Lipinski definition) is 1. The van der Waals surface area contributed by atoms with Crippen molar-refractivity contribution in [3.05, 3.63) is 0 Å². The first-order valence-corrected chi connectivity index (χ1v) is 6.68. The molecule has 0 amide bonds. The van der Waals surface area contributed by atoms with Crippen LogP contribution in [0.4, 0.5) is 0 Å². The number of methoxy groups -OCH3 is 1. The second-order valence-electron chi connectivity index (χ2n) is 4.64. The van der Waals surface area contributed by atoms with Crippen LogP contribution < -0.4 is 5.32 Å². The second kappa shape index (κ2) is 8.46. The molecule has 0 bridgehead atoms. The minimum absolute atomic E-state index is 0.0875. The zero-order valence-electron chi connectivity index (χ0n) is 11.1. The normalized spacial score (nSPS) is 23.2. The van der Waals surface area contributed by atoms with Gasteiger partial charge in [-0.1, -0.05) is 13.3 Å². The average molecular weight is 239 g/mol. The molecule has 17 heavy (non-hydrogen) atoms. The van der Waals surface area contributed by atoms with Gasteiger partial charge < -0.3 is 10.1 Å². The van der Waals surface area contributed by atoms with E-state index < -0.39 is 0 Å². The van der Waals surface area contributed by atoms with Crippen molar-refractivity contribution in [3.63, 3.8) is 0 Å². The Balaban J connectivity index is 2.40. The highest BCUT2D eigenvalue weighted by atomic mass is 16.5. The summed E-state index contributed by atoms with van der Waals surface area (Å²) in [7, 11) is 1.72. The monoisotopic (exact) mass is 239 g/mol. The van der Waals surface area contributed by atoms with Crippen LogP contribution >= 0.6 is 0 Å². The minimum atomic E-state index is 0.0875. The predicted octanol–water partition coefficient (Wildman–Crippen LogP) is 1.38. The molecule has 0 aliphatic carbocycles. The first-order valence-electron chi connectivity index (χ1n) is 6.68. The molecule has 1 aliphatic rings. The van der Waals surface area contributed by atoms with E-state index in [4.69, 9.17) is 4.74 Å². The van der Waals surface area contributed by atoms with E-state index in [-0.39, 0.29) is 6.04 Å². The molecular formula is C13H25N3O. The van der Waals surface area contributed by atoms with E-state index in [1.165, 1.54) is 19.3 Å². The Morgan fingerprint density at radius 3 is 3.00 bits per heavy atom. The van der Waals surface area contributed by atoms with E-state index in [0.717, 1.165) is 32.7 Å². The molecule has 2 atom stereocenters. The third-order valence-corrected chi connectivity index (χ3v) is 3.47. The van der Waals surface area contributed by atoms with Gasteiger partial charge >= 0.3 is 0 Å². The van der Waals surface area contributed by atoms with Crippen LogP contribution in [0.15, 0.2) is 0 Å². The molecule has 1 fully saturated rings. The Morgan fingerprint density at radius 2 is 2.35 bits per heavy atom. The number of nitriles is 1. The van der Waals surface area contributed by atoms with Crippen LogP contribution in [0.2, 0.25) is 0 Å². The van der Waals surface area contributed by atoms with Crippen molar-refractivity contribution in [1.82, 2.24) is 10.2 Å². The largest absolute Gasteiger partial charge is 0.383 e. The van der Waals surface area contributed by atoms with Crippen LogP contribution in [0.5, 0.6) is 0 Å². The van der Waals surface area contributed by atoms with Gasteiger partial charge in [0, 0.05) is 26.2 Å². The maximum Gasteiger partial charge on any atom is 0.0978 e. The Kier molecular flexibility index (Phi) is 7.18. The maximum absolute atomic E-state index is 9.17. The van der Waals surface area contributed by atoms with Gasteiger partial charge in [-0.3, -0.25) is 4.90 Å². The Morgan fingerprint density at radius 1 is 1.53 bits per heavy atom. The summed E-state index contributed by atoms with van der Waals surface area (Å²) < 4.78 is 5.02. The van der Waals surface area contributed by atoms with Gasteiger partial charge in [-0.15, -0.1) is 0 Å². The zero-order chi connectivity index (χ0) is 12.5. The number of hydrogen-bond acceptors (Lipinski definition) is 4. The molecule has 2 unspecified atom stereocenters. The molecule has 4 heteroatoms. The molecule has 0 aromatic rings. The van der Waals surface area contributed by atoms with E-state index >= 15 is 0 Å². The van der Waals surface area contributed by atoms with E-state index in [0.29, 0.717) is 6.04 Å². The fraction of sp³-hybridized carbons (Fsp3) is 0.923. The van der Waals surface area contributed by atoms with Crippen LogP contribution in [-0.4, -0.2) is 50.3 Å². The van der Waals surface area contributed by atoms with Gasteiger partial charge in [-0.25, -0.2) is 0 Å². The molecule has 98 valence electrons. The van der Waals surface area contributed by atoms with Gasteiger partial charge in [0.25, 0.3) is 0 Å². The number of ether oxygens (including phenoxy) is 1. The predicted molar refractivity (Wildman–Crippen MR) is 68.8 cm³/mol. The summed E-state index contributed by atoms with van der Waals surface area (Å²) >= 11 is 0. The lowest BCUT2D eigenvalue weighted by Crippen LogP contribution is -2.50. The standard InChI is InChI=1S/C13H25N3O/c1-3-12(10-14)16-8-5-4-6-13(16)11-15-7-9-17-2/h12-13,15H,3-9,11H2,1-2H3. The van der Waals surface area contributed by atoms with Crippen LogP contribution in [0.1, 0.15) is 32.6 Å². The lowest BCUT2D eigenvalue weighted by atomic mass is 9.99. The fourth-order valence-electron chi connectivity index (χ4n) is 2.50.